The molecule has 0 radical (unpaired) electrons. The van der Waals surface area contributed by atoms with Crippen LogP contribution >= 0.6 is 23.7 Å². The zero-order chi connectivity index (χ0) is 18.6. The zero-order valence-electron chi connectivity index (χ0n) is 15.2. The van der Waals surface area contributed by atoms with Gasteiger partial charge in [-0.25, -0.2) is 4.98 Å². The topological polar surface area (TPSA) is 92.3 Å². The lowest BCUT2D eigenvalue weighted by molar-refractivity contribution is -0.140. The van der Waals surface area contributed by atoms with Crippen LogP contribution in [-0.4, -0.2) is 42.6 Å². The Labute approximate surface area is 168 Å². The van der Waals surface area contributed by atoms with Crippen LogP contribution in [0.15, 0.2) is 29.6 Å². The van der Waals surface area contributed by atoms with E-state index in [0.29, 0.717) is 18.0 Å². The Morgan fingerprint density at radius 1 is 1.19 bits per heavy atom. The first-order valence-corrected chi connectivity index (χ1v) is 9.31. The van der Waals surface area contributed by atoms with Crippen molar-refractivity contribution in [3.05, 3.63) is 29.6 Å². The van der Waals surface area contributed by atoms with Crippen LogP contribution in [-0.2, 0) is 14.3 Å². The lowest BCUT2D eigenvalue weighted by Crippen LogP contribution is -2.51. The minimum Gasteiger partial charge on any atom is -0.368 e. The molecule has 0 aliphatic carbocycles. The SMILES string of the molecule is COC1(C(=O)Nc2nc(-c3ccc(NC(C)=O)cc3)cs2)CCNCC1.Cl. The third kappa shape index (κ3) is 5.04. The van der Waals surface area contributed by atoms with Crippen molar-refractivity contribution in [2.75, 3.05) is 30.8 Å². The molecule has 2 aromatic rings. The molecule has 0 bridgehead atoms. The quantitative estimate of drug-likeness (QED) is 0.704. The lowest BCUT2D eigenvalue weighted by Gasteiger charge is -2.34. The average molecular weight is 411 g/mol. The number of hydrogen-bond donors (Lipinski definition) is 3. The molecule has 2 amide bonds. The molecule has 0 spiro atoms. The van der Waals surface area contributed by atoms with Crippen LogP contribution in [0.1, 0.15) is 19.8 Å². The summed E-state index contributed by atoms with van der Waals surface area (Å²) in [5.41, 5.74) is 1.63. The fraction of sp³-hybridized carbons (Fsp3) is 0.389. The summed E-state index contributed by atoms with van der Waals surface area (Å²) in [6.45, 7) is 2.98. The lowest BCUT2D eigenvalue weighted by atomic mass is 9.91. The van der Waals surface area contributed by atoms with Gasteiger partial charge in [-0.15, -0.1) is 23.7 Å². The summed E-state index contributed by atoms with van der Waals surface area (Å²) in [7, 11) is 1.58. The number of benzene rings is 1. The molecule has 1 aliphatic heterocycles. The van der Waals surface area contributed by atoms with E-state index in [4.69, 9.17) is 4.74 Å². The van der Waals surface area contributed by atoms with Gasteiger partial charge >= 0.3 is 0 Å². The third-order valence-corrected chi connectivity index (χ3v) is 5.20. The number of ether oxygens (including phenoxy) is 1. The maximum absolute atomic E-state index is 12.7. The van der Waals surface area contributed by atoms with Crippen LogP contribution in [0, 0.1) is 0 Å². The summed E-state index contributed by atoms with van der Waals surface area (Å²) in [4.78, 5) is 28.3. The fourth-order valence-electron chi connectivity index (χ4n) is 2.96. The molecule has 1 fully saturated rings. The molecule has 3 rings (SSSR count). The molecular weight excluding hydrogens is 388 g/mol. The number of thiazole rings is 1. The van der Waals surface area contributed by atoms with Gasteiger partial charge in [-0.1, -0.05) is 12.1 Å². The van der Waals surface area contributed by atoms with Crippen LogP contribution in [0.3, 0.4) is 0 Å². The summed E-state index contributed by atoms with van der Waals surface area (Å²) >= 11 is 1.38. The number of amides is 2. The number of rotatable bonds is 5. The smallest absolute Gasteiger partial charge is 0.258 e. The number of carbonyl (C=O) groups excluding carboxylic acids is 2. The highest BCUT2D eigenvalue weighted by Gasteiger charge is 2.40. The highest BCUT2D eigenvalue weighted by Crippen LogP contribution is 2.29. The van der Waals surface area contributed by atoms with E-state index in [-0.39, 0.29) is 24.2 Å². The van der Waals surface area contributed by atoms with E-state index >= 15 is 0 Å². The van der Waals surface area contributed by atoms with E-state index in [1.807, 2.05) is 29.6 Å². The van der Waals surface area contributed by atoms with Gasteiger partial charge in [0.2, 0.25) is 5.91 Å². The van der Waals surface area contributed by atoms with E-state index in [0.717, 1.165) is 30.0 Å². The van der Waals surface area contributed by atoms with Gasteiger partial charge in [0, 0.05) is 30.7 Å². The standard InChI is InChI=1S/C18H22N4O3S.ClH/c1-12(23)20-14-5-3-13(4-6-14)15-11-26-17(21-15)22-16(24)18(25-2)7-9-19-10-8-18;/h3-6,11,19H,7-10H2,1-2H3,(H,20,23)(H,21,22,24);1H. The van der Waals surface area contributed by atoms with Crippen LogP contribution in [0.2, 0.25) is 0 Å². The molecule has 1 aromatic heterocycles. The van der Waals surface area contributed by atoms with Crippen LogP contribution < -0.4 is 16.0 Å². The number of nitrogens with zero attached hydrogens (tertiary/aromatic N) is 1. The monoisotopic (exact) mass is 410 g/mol. The highest BCUT2D eigenvalue weighted by atomic mass is 35.5. The van der Waals surface area contributed by atoms with Gasteiger partial charge in [0.15, 0.2) is 5.13 Å². The molecule has 7 nitrogen and oxygen atoms in total. The van der Waals surface area contributed by atoms with E-state index in [1.54, 1.807) is 7.11 Å². The Morgan fingerprint density at radius 3 is 2.44 bits per heavy atom. The summed E-state index contributed by atoms with van der Waals surface area (Å²) < 4.78 is 5.54. The number of methoxy groups -OCH3 is 1. The molecule has 3 N–H and O–H groups in total. The number of aromatic nitrogens is 1. The number of halogens is 1. The molecule has 9 heteroatoms. The number of nitrogens with one attached hydrogen (secondary N) is 3. The van der Waals surface area contributed by atoms with Crippen molar-refractivity contribution < 1.29 is 14.3 Å². The van der Waals surface area contributed by atoms with Crippen molar-refractivity contribution in [1.82, 2.24) is 10.3 Å². The average Bonchev–Trinajstić information content (AvgIpc) is 3.11. The van der Waals surface area contributed by atoms with Crippen molar-refractivity contribution in [1.29, 1.82) is 0 Å². The zero-order valence-corrected chi connectivity index (χ0v) is 16.8. The van der Waals surface area contributed by atoms with Crippen molar-refractivity contribution in [3.63, 3.8) is 0 Å². The molecule has 0 atom stereocenters. The van der Waals surface area contributed by atoms with Crippen LogP contribution in [0.25, 0.3) is 11.3 Å². The molecule has 0 unspecified atom stereocenters. The Morgan fingerprint density at radius 2 is 1.85 bits per heavy atom. The molecule has 27 heavy (non-hydrogen) atoms. The Hall–Kier alpha value is -2.00. The molecule has 1 aliphatic rings. The molecule has 2 heterocycles. The minimum absolute atomic E-state index is 0. The molecule has 1 aromatic carbocycles. The van der Waals surface area contributed by atoms with Gasteiger partial charge in [-0.05, 0) is 38.1 Å². The molecule has 146 valence electrons. The van der Waals surface area contributed by atoms with Crippen molar-refractivity contribution >= 4 is 46.4 Å². The molecule has 1 saturated heterocycles. The van der Waals surface area contributed by atoms with Gasteiger partial charge in [-0.2, -0.15) is 0 Å². The second kappa shape index (κ2) is 9.27. The van der Waals surface area contributed by atoms with E-state index < -0.39 is 5.60 Å². The fourth-order valence-corrected chi connectivity index (χ4v) is 3.67. The van der Waals surface area contributed by atoms with Crippen molar-refractivity contribution in [2.45, 2.75) is 25.4 Å². The van der Waals surface area contributed by atoms with E-state index in [1.165, 1.54) is 18.3 Å². The predicted octanol–water partition coefficient (Wildman–Crippen LogP) is 2.90. The molecule has 0 saturated carbocycles. The number of carbonyl (C=O) groups is 2. The number of anilines is 2. The second-order valence-electron chi connectivity index (χ2n) is 6.20. The van der Waals surface area contributed by atoms with Gasteiger partial charge in [-0.3, -0.25) is 14.9 Å². The van der Waals surface area contributed by atoms with Crippen molar-refractivity contribution in [2.24, 2.45) is 0 Å². The summed E-state index contributed by atoms with van der Waals surface area (Å²) in [5.74, 6) is -0.259. The Kier molecular flexibility index (Phi) is 7.32. The number of hydrogen-bond acceptors (Lipinski definition) is 6. The highest BCUT2D eigenvalue weighted by molar-refractivity contribution is 7.14. The van der Waals surface area contributed by atoms with Gasteiger partial charge in [0.1, 0.15) is 5.60 Å². The van der Waals surface area contributed by atoms with Crippen LogP contribution in [0.4, 0.5) is 10.8 Å². The van der Waals surface area contributed by atoms with Crippen molar-refractivity contribution in [3.8, 4) is 11.3 Å². The van der Waals surface area contributed by atoms with Gasteiger partial charge in [0.05, 0.1) is 5.69 Å². The first kappa shape index (κ1) is 21.3. The van der Waals surface area contributed by atoms with Gasteiger partial charge < -0.3 is 15.4 Å². The predicted molar refractivity (Wildman–Crippen MR) is 110 cm³/mol. The second-order valence-corrected chi connectivity index (χ2v) is 7.06. The third-order valence-electron chi connectivity index (χ3n) is 4.44. The largest absolute Gasteiger partial charge is 0.368 e. The summed E-state index contributed by atoms with van der Waals surface area (Å²) in [5, 5.41) is 11.3. The molecular formula is C18H23ClN4O3S. The van der Waals surface area contributed by atoms with E-state index in [2.05, 4.69) is 20.9 Å². The first-order valence-electron chi connectivity index (χ1n) is 8.43. The van der Waals surface area contributed by atoms with Gasteiger partial charge in [0.25, 0.3) is 5.91 Å². The maximum Gasteiger partial charge on any atom is 0.258 e. The summed E-state index contributed by atoms with van der Waals surface area (Å²) in [6, 6.07) is 7.41. The number of piperidine rings is 1. The van der Waals surface area contributed by atoms with Crippen LogP contribution in [0.5, 0.6) is 0 Å². The maximum atomic E-state index is 12.7. The summed E-state index contributed by atoms with van der Waals surface area (Å²) in [6.07, 6.45) is 1.27. The normalized spacial score (nSPS) is 15.5. The van der Waals surface area contributed by atoms with E-state index in [9.17, 15) is 9.59 Å². The minimum atomic E-state index is -0.795. The Balaban J connectivity index is 0.00000261. The Bertz CT molecular complexity index is 788. The first-order chi connectivity index (χ1) is 12.5.